The lowest BCUT2D eigenvalue weighted by Crippen LogP contribution is -2.36. The molecule has 5 rings (SSSR count). The van der Waals surface area contributed by atoms with Crippen LogP contribution in [-0.4, -0.2) is 33.1 Å². The lowest BCUT2D eigenvalue weighted by Gasteiger charge is -2.14. The summed E-state index contributed by atoms with van der Waals surface area (Å²) in [6, 6.07) is 9.50. The smallest absolute Gasteiger partial charge is 0.329 e. The molecule has 3 heterocycles. The van der Waals surface area contributed by atoms with E-state index in [2.05, 4.69) is 15.3 Å². The van der Waals surface area contributed by atoms with E-state index >= 15 is 0 Å². The molecular formula is C22H22N4O4. The Bertz CT molecular complexity index is 1250. The van der Waals surface area contributed by atoms with Gasteiger partial charge in [0, 0.05) is 24.6 Å². The van der Waals surface area contributed by atoms with Gasteiger partial charge in [-0.1, -0.05) is 18.2 Å². The van der Waals surface area contributed by atoms with Gasteiger partial charge in [-0.3, -0.25) is 19.1 Å². The van der Waals surface area contributed by atoms with E-state index in [1.807, 2.05) is 24.3 Å². The van der Waals surface area contributed by atoms with E-state index in [1.54, 1.807) is 13.0 Å². The van der Waals surface area contributed by atoms with Gasteiger partial charge in [-0.05, 0) is 37.5 Å². The van der Waals surface area contributed by atoms with E-state index in [4.69, 9.17) is 4.74 Å². The number of carbonyl (C=O) groups excluding carboxylic acids is 1. The molecule has 2 aromatic heterocycles. The number of carbonyl (C=O) groups is 1. The minimum absolute atomic E-state index is 0.147. The number of aryl methyl sites for hydroxylation is 1. The standard InChI is InChI=1S/C22H22N4O4/c1-2-26-19-18(21(28)25-22(26)29)15(10-16(24-19)12-7-8-12)20(27)23-11-14-9-13-5-3-4-6-17(13)30-14/h3-6,10,12,14H,2,7-9,11H2,1H3,(H,23,27)(H,25,28,29). The highest BCUT2D eigenvalue weighted by molar-refractivity contribution is 6.05. The molecule has 1 fully saturated rings. The average Bonchev–Trinajstić information content (AvgIpc) is 3.50. The lowest BCUT2D eigenvalue weighted by atomic mass is 10.1. The van der Waals surface area contributed by atoms with Gasteiger partial charge < -0.3 is 10.1 Å². The maximum absolute atomic E-state index is 13.1. The number of H-pyrrole nitrogens is 1. The third-order valence-electron chi connectivity index (χ3n) is 5.73. The fourth-order valence-corrected chi connectivity index (χ4v) is 4.02. The molecule has 30 heavy (non-hydrogen) atoms. The van der Waals surface area contributed by atoms with Crippen LogP contribution in [0.15, 0.2) is 39.9 Å². The van der Waals surface area contributed by atoms with Gasteiger partial charge in [-0.15, -0.1) is 0 Å². The van der Waals surface area contributed by atoms with Gasteiger partial charge in [0.1, 0.15) is 11.9 Å². The van der Waals surface area contributed by atoms with E-state index in [9.17, 15) is 14.4 Å². The van der Waals surface area contributed by atoms with Crippen LogP contribution in [0.4, 0.5) is 0 Å². The van der Waals surface area contributed by atoms with Gasteiger partial charge in [0.05, 0.1) is 17.5 Å². The zero-order chi connectivity index (χ0) is 20.8. The first-order valence-electron chi connectivity index (χ1n) is 10.3. The Hall–Kier alpha value is -3.42. The predicted octanol–water partition coefficient (Wildman–Crippen LogP) is 1.72. The molecule has 0 radical (unpaired) electrons. The van der Waals surface area contributed by atoms with Crippen molar-refractivity contribution in [2.75, 3.05) is 6.54 Å². The molecule has 1 aromatic carbocycles. The first-order valence-corrected chi connectivity index (χ1v) is 10.3. The van der Waals surface area contributed by atoms with Gasteiger partial charge in [-0.2, -0.15) is 0 Å². The number of aromatic amines is 1. The number of ether oxygens (including phenoxy) is 1. The van der Waals surface area contributed by atoms with E-state index in [1.165, 1.54) is 4.57 Å². The Balaban J connectivity index is 1.48. The van der Waals surface area contributed by atoms with Crippen LogP contribution in [0.2, 0.25) is 0 Å². The third-order valence-corrected chi connectivity index (χ3v) is 5.73. The summed E-state index contributed by atoms with van der Waals surface area (Å²) in [7, 11) is 0. The normalized spacial score (nSPS) is 17.6. The monoisotopic (exact) mass is 406 g/mol. The van der Waals surface area contributed by atoms with Crippen LogP contribution in [0.25, 0.3) is 11.0 Å². The molecule has 3 aromatic rings. The SMILES string of the molecule is CCn1c(=O)[nH]c(=O)c2c(C(=O)NCC3Cc4ccccc4O3)cc(C3CC3)nc21. The van der Waals surface area contributed by atoms with Crippen LogP contribution in [0.3, 0.4) is 0 Å². The van der Waals surface area contributed by atoms with Crippen LogP contribution >= 0.6 is 0 Å². The summed E-state index contributed by atoms with van der Waals surface area (Å²) in [5.74, 6) is 0.745. The van der Waals surface area contributed by atoms with E-state index in [0.717, 1.165) is 36.3 Å². The summed E-state index contributed by atoms with van der Waals surface area (Å²) >= 11 is 0. The number of pyridine rings is 1. The molecule has 1 atom stereocenters. The third kappa shape index (κ3) is 3.18. The first-order chi connectivity index (χ1) is 14.5. The molecule has 2 aliphatic rings. The van der Waals surface area contributed by atoms with Gasteiger partial charge in [0.25, 0.3) is 11.5 Å². The van der Waals surface area contributed by atoms with Crippen molar-refractivity contribution in [2.24, 2.45) is 0 Å². The molecule has 2 N–H and O–H groups in total. The summed E-state index contributed by atoms with van der Waals surface area (Å²) in [5, 5.41) is 3.05. The topological polar surface area (TPSA) is 106 Å². The van der Waals surface area contributed by atoms with Crippen molar-refractivity contribution in [1.82, 2.24) is 19.9 Å². The minimum Gasteiger partial charge on any atom is -0.488 e. The number of hydrogen-bond donors (Lipinski definition) is 2. The number of fused-ring (bicyclic) bond motifs is 2. The van der Waals surface area contributed by atoms with Crippen LogP contribution in [0, 0.1) is 0 Å². The van der Waals surface area contributed by atoms with Crippen LogP contribution in [-0.2, 0) is 13.0 Å². The summed E-state index contributed by atoms with van der Waals surface area (Å²) < 4.78 is 7.29. The van der Waals surface area contributed by atoms with E-state index in [-0.39, 0.29) is 34.5 Å². The molecule has 1 aliphatic carbocycles. The van der Waals surface area contributed by atoms with Crippen molar-refractivity contribution >= 4 is 16.9 Å². The highest BCUT2D eigenvalue weighted by Gasteiger charge is 2.29. The molecule has 154 valence electrons. The Labute approximate surface area is 171 Å². The predicted molar refractivity (Wildman–Crippen MR) is 111 cm³/mol. The van der Waals surface area contributed by atoms with E-state index < -0.39 is 11.2 Å². The molecule has 0 bridgehead atoms. The van der Waals surface area contributed by atoms with Crippen molar-refractivity contribution in [2.45, 2.75) is 44.8 Å². The zero-order valence-corrected chi connectivity index (χ0v) is 16.6. The first kappa shape index (κ1) is 18.6. The average molecular weight is 406 g/mol. The van der Waals surface area contributed by atoms with Crippen molar-refractivity contribution in [3.8, 4) is 5.75 Å². The van der Waals surface area contributed by atoms with Gasteiger partial charge in [0.2, 0.25) is 0 Å². The second kappa shape index (κ2) is 7.12. The maximum Gasteiger partial charge on any atom is 0.329 e. The van der Waals surface area contributed by atoms with Crippen molar-refractivity contribution in [1.29, 1.82) is 0 Å². The maximum atomic E-state index is 13.1. The Morgan fingerprint density at radius 2 is 2.10 bits per heavy atom. The number of benzene rings is 1. The van der Waals surface area contributed by atoms with Crippen LogP contribution < -0.4 is 21.3 Å². The fraction of sp³-hybridized carbons (Fsp3) is 0.364. The molecule has 1 aliphatic heterocycles. The Morgan fingerprint density at radius 1 is 1.30 bits per heavy atom. The highest BCUT2D eigenvalue weighted by Crippen LogP contribution is 2.39. The van der Waals surface area contributed by atoms with Crippen LogP contribution in [0.1, 0.15) is 47.3 Å². The quantitative estimate of drug-likeness (QED) is 0.671. The molecule has 8 heteroatoms. The number of hydrogen-bond acceptors (Lipinski definition) is 5. The molecule has 1 saturated carbocycles. The summed E-state index contributed by atoms with van der Waals surface area (Å²) in [6.45, 7) is 2.48. The van der Waals surface area contributed by atoms with Crippen molar-refractivity contribution < 1.29 is 9.53 Å². The lowest BCUT2D eigenvalue weighted by molar-refractivity contribution is 0.0935. The zero-order valence-electron chi connectivity index (χ0n) is 16.6. The Kier molecular flexibility index (Phi) is 4.42. The summed E-state index contributed by atoms with van der Waals surface area (Å²) in [6.07, 6.45) is 2.55. The molecular weight excluding hydrogens is 384 g/mol. The van der Waals surface area contributed by atoms with Crippen molar-refractivity contribution in [3.63, 3.8) is 0 Å². The molecule has 8 nitrogen and oxygen atoms in total. The van der Waals surface area contributed by atoms with Gasteiger partial charge >= 0.3 is 5.69 Å². The number of nitrogens with one attached hydrogen (secondary N) is 2. The largest absolute Gasteiger partial charge is 0.488 e. The van der Waals surface area contributed by atoms with Crippen LogP contribution in [0.5, 0.6) is 5.75 Å². The molecule has 0 spiro atoms. The molecule has 1 amide bonds. The number of aromatic nitrogens is 3. The second-order valence-corrected chi connectivity index (χ2v) is 7.83. The second-order valence-electron chi connectivity index (χ2n) is 7.83. The van der Waals surface area contributed by atoms with Gasteiger partial charge in [0.15, 0.2) is 5.65 Å². The number of nitrogens with zero attached hydrogens (tertiary/aromatic N) is 2. The fourth-order valence-electron chi connectivity index (χ4n) is 4.02. The van der Waals surface area contributed by atoms with Gasteiger partial charge in [-0.25, -0.2) is 9.78 Å². The summed E-state index contributed by atoms with van der Waals surface area (Å²) in [5.41, 5.74) is 1.28. The molecule has 1 unspecified atom stereocenters. The minimum atomic E-state index is -0.593. The van der Waals surface area contributed by atoms with Crippen molar-refractivity contribution in [3.05, 3.63) is 68.0 Å². The number of rotatable bonds is 5. The highest BCUT2D eigenvalue weighted by atomic mass is 16.5. The molecule has 0 saturated heterocycles. The Morgan fingerprint density at radius 3 is 2.83 bits per heavy atom. The van der Waals surface area contributed by atoms with E-state index in [0.29, 0.717) is 13.1 Å². The number of amides is 1. The summed E-state index contributed by atoms with van der Waals surface area (Å²) in [4.78, 5) is 44.8. The number of para-hydroxylation sites is 1.